The Hall–Kier alpha value is -1.33. The summed E-state index contributed by atoms with van der Waals surface area (Å²) in [7, 11) is 0. The zero-order chi connectivity index (χ0) is 10.8. The van der Waals surface area contributed by atoms with E-state index in [0.29, 0.717) is 6.54 Å². The Morgan fingerprint density at radius 3 is 2.73 bits per heavy atom. The van der Waals surface area contributed by atoms with Gasteiger partial charge in [0, 0.05) is 6.54 Å². The normalized spacial score (nSPS) is 10.6. The summed E-state index contributed by atoms with van der Waals surface area (Å²) >= 11 is 1.64. The molecule has 0 fully saturated rings. The molecule has 0 aliphatic carbocycles. The molecule has 4 nitrogen and oxygen atoms in total. The number of rotatable bonds is 2. The number of nitrogens with zero attached hydrogens (tertiary/aromatic N) is 3. The minimum absolute atomic E-state index is 0.437. The number of hydrogen-bond acceptors (Lipinski definition) is 5. The third kappa shape index (κ3) is 2.03. The van der Waals surface area contributed by atoms with Crippen molar-refractivity contribution in [2.24, 2.45) is 5.73 Å². The van der Waals surface area contributed by atoms with Crippen molar-refractivity contribution in [3.8, 4) is 10.6 Å². The molecule has 0 unspecified atom stereocenters. The molecule has 2 aromatic heterocycles. The molecule has 0 saturated carbocycles. The van der Waals surface area contributed by atoms with Crippen molar-refractivity contribution in [2.45, 2.75) is 20.4 Å². The maximum atomic E-state index is 5.54. The summed E-state index contributed by atoms with van der Waals surface area (Å²) in [5, 5.41) is 1.05. The lowest BCUT2D eigenvalue weighted by Gasteiger charge is -1.99. The van der Waals surface area contributed by atoms with Crippen LogP contribution in [0, 0.1) is 13.8 Å². The van der Waals surface area contributed by atoms with Gasteiger partial charge in [-0.05, 0) is 19.9 Å². The van der Waals surface area contributed by atoms with Crippen LogP contribution in [0.4, 0.5) is 0 Å². The van der Waals surface area contributed by atoms with E-state index in [1.165, 1.54) is 0 Å². The van der Waals surface area contributed by atoms with Crippen molar-refractivity contribution in [1.29, 1.82) is 0 Å². The fraction of sp³-hybridized carbons (Fsp3) is 0.300. The molecule has 15 heavy (non-hydrogen) atoms. The van der Waals surface area contributed by atoms with E-state index in [9.17, 15) is 0 Å². The van der Waals surface area contributed by atoms with Crippen molar-refractivity contribution in [1.82, 2.24) is 15.0 Å². The molecule has 0 bridgehead atoms. The lowest BCUT2D eigenvalue weighted by molar-refractivity contribution is 0.966. The second-order valence-electron chi connectivity index (χ2n) is 3.25. The van der Waals surface area contributed by atoms with E-state index in [1.807, 2.05) is 19.9 Å². The van der Waals surface area contributed by atoms with E-state index in [0.717, 1.165) is 27.0 Å². The fourth-order valence-electron chi connectivity index (χ4n) is 1.40. The van der Waals surface area contributed by atoms with Crippen LogP contribution in [0.25, 0.3) is 10.6 Å². The SMILES string of the molecule is Cc1nc(C)c(-c2cc(CN)ncn2)s1. The van der Waals surface area contributed by atoms with Crippen molar-refractivity contribution in [3.63, 3.8) is 0 Å². The van der Waals surface area contributed by atoms with Crippen LogP contribution in [0.15, 0.2) is 12.4 Å². The Morgan fingerprint density at radius 1 is 1.33 bits per heavy atom. The van der Waals surface area contributed by atoms with Crippen LogP contribution in [0.5, 0.6) is 0 Å². The highest BCUT2D eigenvalue weighted by atomic mass is 32.1. The fourth-order valence-corrected chi connectivity index (χ4v) is 2.29. The molecule has 5 heteroatoms. The number of hydrogen-bond donors (Lipinski definition) is 1. The Labute approximate surface area is 92.2 Å². The van der Waals surface area contributed by atoms with Gasteiger partial charge in [0.1, 0.15) is 6.33 Å². The van der Waals surface area contributed by atoms with Crippen molar-refractivity contribution in [3.05, 3.63) is 28.8 Å². The number of nitrogens with two attached hydrogens (primary N) is 1. The first kappa shape index (κ1) is 10.2. The maximum absolute atomic E-state index is 5.54. The molecule has 0 radical (unpaired) electrons. The molecule has 0 atom stereocenters. The van der Waals surface area contributed by atoms with Gasteiger partial charge < -0.3 is 5.73 Å². The molecule has 2 heterocycles. The quantitative estimate of drug-likeness (QED) is 0.836. The standard InChI is InChI=1S/C10H12N4S/c1-6-10(15-7(2)14-6)9-3-8(4-11)12-5-13-9/h3,5H,4,11H2,1-2H3. The van der Waals surface area contributed by atoms with E-state index >= 15 is 0 Å². The van der Waals surface area contributed by atoms with Crippen LogP contribution in [0.2, 0.25) is 0 Å². The van der Waals surface area contributed by atoms with E-state index in [2.05, 4.69) is 15.0 Å². The number of aryl methyl sites for hydroxylation is 2. The second-order valence-corrected chi connectivity index (χ2v) is 4.45. The van der Waals surface area contributed by atoms with Crippen LogP contribution in [-0.4, -0.2) is 15.0 Å². The van der Waals surface area contributed by atoms with Gasteiger partial charge in [-0.25, -0.2) is 15.0 Å². The van der Waals surface area contributed by atoms with Gasteiger partial charge in [-0.2, -0.15) is 0 Å². The van der Waals surface area contributed by atoms with Crippen LogP contribution >= 0.6 is 11.3 Å². The van der Waals surface area contributed by atoms with Crippen LogP contribution < -0.4 is 5.73 Å². The van der Waals surface area contributed by atoms with Gasteiger partial charge in [-0.3, -0.25) is 0 Å². The molecule has 0 aliphatic rings. The summed E-state index contributed by atoms with van der Waals surface area (Å²) in [5.74, 6) is 0. The summed E-state index contributed by atoms with van der Waals surface area (Å²) in [5.41, 5.74) is 8.31. The van der Waals surface area contributed by atoms with E-state index in [4.69, 9.17) is 5.73 Å². The Balaban J connectivity index is 2.49. The summed E-state index contributed by atoms with van der Waals surface area (Å²) in [6.45, 7) is 4.42. The molecule has 2 aromatic rings. The molecule has 0 saturated heterocycles. The van der Waals surface area contributed by atoms with Gasteiger partial charge in [0.05, 0.1) is 27.0 Å². The van der Waals surface area contributed by atoms with Crippen LogP contribution in [-0.2, 0) is 6.54 Å². The predicted octanol–water partition coefficient (Wildman–Crippen LogP) is 1.68. The number of thiazole rings is 1. The van der Waals surface area contributed by atoms with Crippen molar-refractivity contribution < 1.29 is 0 Å². The average molecular weight is 220 g/mol. The summed E-state index contributed by atoms with van der Waals surface area (Å²) in [4.78, 5) is 13.8. The van der Waals surface area contributed by atoms with Crippen molar-refractivity contribution in [2.75, 3.05) is 0 Å². The molecule has 0 amide bonds. The Kier molecular flexibility index (Phi) is 2.75. The first-order valence-electron chi connectivity index (χ1n) is 4.66. The van der Waals surface area contributed by atoms with E-state index < -0.39 is 0 Å². The topological polar surface area (TPSA) is 64.7 Å². The largest absolute Gasteiger partial charge is 0.325 e. The van der Waals surface area contributed by atoms with Gasteiger partial charge in [0.15, 0.2) is 0 Å². The van der Waals surface area contributed by atoms with Crippen molar-refractivity contribution >= 4 is 11.3 Å². The van der Waals surface area contributed by atoms with Gasteiger partial charge in [-0.15, -0.1) is 11.3 Å². The first-order valence-corrected chi connectivity index (χ1v) is 5.47. The molecular formula is C10H12N4S. The third-order valence-electron chi connectivity index (χ3n) is 2.07. The van der Waals surface area contributed by atoms with Crippen LogP contribution in [0.3, 0.4) is 0 Å². The molecule has 0 spiro atoms. The van der Waals surface area contributed by atoms with E-state index in [1.54, 1.807) is 17.7 Å². The Morgan fingerprint density at radius 2 is 2.13 bits per heavy atom. The molecule has 0 aliphatic heterocycles. The first-order chi connectivity index (χ1) is 7.20. The van der Waals surface area contributed by atoms with Gasteiger partial charge >= 0.3 is 0 Å². The summed E-state index contributed by atoms with van der Waals surface area (Å²) < 4.78 is 0. The van der Waals surface area contributed by atoms with Crippen LogP contribution in [0.1, 0.15) is 16.4 Å². The average Bonchev–Trinajstić information content (AvgIpc) is 2.58. The number of aromatic nitrogens is 3. The zero-order valence-corrected chi connectivity index (χ0v) is 9.51. The van der Waals surface area contributed by atoms with E-state index in [-0.39, 0.29) is 0 Å². The summed E-state index contributed by atoms with van der Waals surface area (Å²) in [6, 6.07) is 1.92. The Bertz CT molecular complexity index is 478. The maximum Gasteiger partial charge on any atom is 0.116 e. The molecule has 0 aromatic carbocycles. The highest BCUT2D eigenvalue weighted by Crippen LogP contribution is 2.27. The smallest absolute Gasteiger partial charge is 0.116 e. The van der Waals surface area contributed by atoms with Gasteiger partial charge in [0.25, 0.3) is 0 Å². The molecular weight excluding hydrogens is 208 g/mol. The molecule has 2 N–H and O–H groups in total. The highest BCUT2D eigenvalue weighted by Gasteiger charge is 2.09. The lowest BCUT2D eigenvalue weighted by Crippen LogP contribution is -2.00. The predicted molar refractivity (Wildman–Crippen MR) is 60.5 cm³/mol. The molecule has 2 rings (SSSR count). The second kappa shape index (κ2) is 4.04. The zero-order valence-electron chi connectivity index (χ0n) is 8.69. The minimum Gasteiger partial charge on any atom is -0.325 e. The molecule has 78 valence electrons. The van der Waals surface area contributed by atoms with Gasteiger partial charge in [0.2, 0.25) is 0 Å². The lowest BCUT2D eigenvalue weighted by atomic mass is 10.2. The highest BCUT2D eigenvalue weighted by molar-refractivity contribution is 7.15. The van der Waals surface area contributed by atoms with Gasteiger partial charge in [-0.1, -0.05) is 0 Å². The third-order valence-corrected chi connectivity index (χ3v) is 3.16. The monoisotopic (exact) mass is 220 g/mol. The minimum atomic E-state index is 0.437. The summed E-state index contributed by atoms with van der Waals surface area (Å²) in [6.07, 6.45) is 1.55.